The maximum atomic E-state index is 8.88. The average molecular weight is 253 g/mol. The van der Waals surface area contributed by atoms with Crippen molar-refractivity contribution < 1.29 is 0 Å². The van der Waals surface area contributed by atoms with E-state index in [1.807, 2.05) is 20.9 Å². The molecule has 0 atom stereocenters. The van der Waals surface area contributed by atoms with Crippen molar-refractivity contribution in [2.24, 2.45) is 12.5 Å². The number of nitriles is 1. The van der Waals surface area contributed by atoms with Crippen molar-refractivity contribution in [3.05, 3.63) is 0 Å². The van der Waals surface area contributed by atoms with Crippen molar-refractivity contribution in [2.75, 3.05) is 11.5 Å². The Labute approximate surface area is 106 Å². The molecular formula is C11H19N5S. The van der Waals surface area contributed by atoms with Gasteiger partial charge >= 0.3 is 0 Å². The molecule has 0 aliphatic carbocycles. The SMILES string of the molecule is Cn1c(N)nnc1SCCCCC(C)(C)C#N. The van der Waals surface area contributed by atoms with Crippen molar-refractivity contribution in [3.8, 4) is 6.07 Å². The lowest BCUT2D eigenvalue weighted by Gasteiger charge is -2.13. The van der Waals surface area contributed by atoms with Crippen LogP contribution < -0.4 is 5.73 Å². The molecule has 1 aromatic rings. The van der Waals surface area contributed by atoms with Crippen LogP contribution in [-0.4, -0.2) is 20.5 Å². The Balaban J connectivity index is 2.22. The van der Waals surface area contributed by atoms with Crippen LogP contribution in [0.1, 0.15) is 33.1 Å². The van der Waals surface area contributed by atoms with E-state index in [-0.39, 0.29) is 5.41 Å². The van der Waals surface area contributed by atoms with Gasteiger partial charge in [-0.15, -0.1) is 10.2 Å². The number of aromatic nitrogens is 3. The molecule has 0 spiro atoms. The Morgan fingerprint density at radius 1 is 1.41 bits per heavy atom. The van der Waals surface area contributed by atoms with Crippen LogP contribution in [0, 0.1) is 16.7 Å². The minimum absolute atomic E-state index is 0.208. The topological polar surface area (TPSA) is 80.5 Å². The monoisotopic (exact) mass is 253 g/mol. The fourth-order valence-corrected chi connectivity index (χ4v) is 2.26. The van der Waals surface area contributed by atoms with Gasteiger partial charge in [0.2, 0.25) is 5.95 Å². The first-order valence-electron chi connectivity index (χ1n) is 5.65. The molecule has 0 bridgehead atoms. The van der Waals surface area contributed by atoms with E-state index in [1.54, 1.807) is 16.3 Å². The second-order valence-corrected chi connectivity index (χ2v) is 5.76. The summed E-state index contributed by atoms with van der Waals surface area (Å²) in [5.41, 5.74) is 5.38. The Kier molecular flexibility index (Phi) is 4.82. The minimum atomic E-state index is -0.208. The summed E-state index contributed by atoms with van der Waals surface area (Å²) < 4.78 is 1.78. The zero-order chi connectivity index (χ0) is 12.9. The Morgan fingerprint density at radius 2 is 2.12 bits per heavy atom. The van der Waals surface area contributed by atoms with Gasteiger partial charge in [0.05, 0.1) is 11.5 Å². The number of anilines is 1. The van der Waals surface area contributed by atoms with Gasteiger partial charge in [0.15, 0.2) is 5.16 Å². The first-order chi connectivity index (χ1) is 7.96. The quantitative estimate of drug-likeness (QED) is 0.621. The van der Waals surface area contributed by atoms with E-state index in [9.17, 15) is 0 Å². The molecule has 94 valence electrons. The number of hydrogen-bond acceptors (Lipinski definition) is 5. The molecule has 1 rings (SSSR count). The van der Waals surface area contributed by atoms with E-state index in [0.717, 1.165) is 30.2 Å². The molecule has 2 N–H and O–H groups in total. The third kappa shape index (κ3) is 4.27. The lowest BCUT2D eigenvalue weighted by Crippen LogP contribution is -2.07. The zero-order valence-corrected chi connectivity index (χ0v) is 11.4. The number of hydrogen-bond donors (Lipinski definition) is 1. The second-order valence-electron chi connectivity index (χ2n) is 4.70. The largest absolute Gasteiger partial charge is 0.368 e. The summed E-state index contributed by atoms with van der Waals surface area (Å²) in [5, 5.41) is 17.5. The van der Waals surface area contributed by atoms with E-state index >= 15 is 0 Å². The van der Waals surface area contributed by atoms with E-state index in [1.165, 1.54) is 0 Å². The molecule has 0 aliphatic heterocycles. The number of nitrogen functional groups attached to an aromatic ring is 1. The highest BCUT2D eigenvalue weighted by Crippen LogP contribution is 2.24. The van der Waals surface area contributed by atoms with Crippen molar-refractivity contribution in [1.29, 1.82) is 5.26 Å². The molecule has 0 saturated heterocycles. The summed E-state index contributed by atoms with van der Waals surface area (Å²) >= 11 is 1.65. The number of nitrogens with two attached hydrogens (primary N) is 1. The van der Waals surface area contributed by atoms with Crippen molar-refractivity contribution in [1.82, 2.24) is 14.8 Å². The molecule has 0 amide bonds. The van der Waals surface area contributed by atoms with Gasteiger partial charge in [0.25, 0.3) is 0 Å². The van der Waals surface area contributed by atoms with Crippen molar-refractivity contribution >= 4 is 17.7 Å². The summed E-state index contributed by atoms with van der Waals surface area (Å²) in [7, 11) is 1.86. The molecule has 0 radical (unpaired) electrons. The summed E-state index contributed by atoms with van der Waals surface area (Å²) in [5.74, 6) is 1.42. The summed E-state index contributed by atoms with van der Waals surface area (Å²) in [6.45, 7) is 3.95. The predicted octanol–water partition coefficient (Wildman–Crippen LogP) is 2.21. The van der Waals surface area contributed by atoms with Crippen LogP contribution in [-0.2, 0) is 7.05 Å². The molecule has 6 heteroatoms. The second kappa shape index (κ2) is 5.92. The molecule has 0 saturated carbocycles. The Morgan fingerprint density at radius 3 is 2.65 bits per heavy atom. The summed E-state index contributed by atoms with van der Waals surface area (Å²) in [6.07, 6.45) is 3.06. The van der Waals surface area contributed by atoms with Crippen LogP contribution in [0.3, 0.4) is 0 Å². The fraction of sp³-hybridized carbons (Fsp3) is 0.727. The van der Waals surface area contributed by atoms with E-state index in [2.05, 4.69) is 16.3 Å². The molecule has 0 unspecified atom stereocenters. The van der Waals surface area contributed by atoms with Gasteiger partial charge in [-0.3, -0.25) is 4.57 Å². The Hall–Kier alpha value is -1.22. The number of unbranched alkanes of at least 4 members (excludes halogenated alkanes) is 1. The lowest BCUT2D eigenvalue weighted by atomic mass is 9.89. The van der Waals surface area contributed by atoms with Crippen LogP contribution in [0.2, 0.25) is 0 Å². The minimum Gasteiger partial charge on any atom is -0.368 e. The molecule has 0 aliphatic rings. The predicted molar refractivity (Wildman–Crippen MR) is 69.4 cm³/mol. The van der Waals surface area contributed by atoms with E-state index in [4.69, 9.17) is 11.0 Å². The highest BCUT2D eigenvalue weighted by atomic mass is 32.2. The van der Waals surface area contributed by atoms with Gasteiger partial charge in [-0.05, 0) is 26.7 Å². The third-order valence-corrected chi connectivity index (χ3v) is 3.71. The molecule has 17 heavy (non-hydrogen) atoms. The molecule has 0 fully saturated rings. The first-order valence-corrected chi connectivity index (χ1v) is 6.64. The molecule has 0 aromatic carbocycles. The van der Waals surface area contributed by atoms with Crippen LogP contribution in [0.25, 0.3) is 0 Å². The molecular weight excluding hydrogens is 234 g/mol. The van der Waals surface area contributed by atoms with Crippen molar-refractivity contribution in [3.63, 3.8) is 0 Å². The van der Waals surface area contributed by atoms with Crippen LogP contribution in [0.4, 0.5) is 5.95 Å². The summed E-state index contributed by atoms with van der Waals surface area (Å²) in [6, 6.07) is 2.31. The molecule has 5 nitrogen and oxygen atoms in total. The smallest absolute Gasteiger partial charge is 0.222 e. The number of thioether (sulfide) groups is 1. The lowest BCUT2D eigenvalue weighted by molar-refractivity contribution is 0.433. The Bertz CT molecular complexity index is 404. The summed E-state index contributed by atoms with van der Waals surface area (Å²) in [4.78, 5) is 0. The average Bonchev–Trinajstić information content (AvgIpc) is 2.60. The van der Waals surface area contributed by atoms with Gasteiger partial charge in [0.1, 0.15) is 0 Å². The van der Waals surface area contributed by atoms with E-state index in [0.29, 0.717) is 5.95 Å². The molecule has 1 aromatic heterocycles. The number of rotatable bonds is 6. The van der Waals surface area contributed by atoms with Gasteiger partial charge in [0, 0.05) is 12.8 Å². The van der Waals surface area contributed by atoms with Gasteiger partial charge in [-0.25, -0.2) is 0 Å². The van der Waals surface area contributed by atoms with Crippen LogP contribution >= 0.6 is 11.8 Å². The van der Waals surface area contributed by atoms with E-state index < -0.39 is 0 Å². The van der Waals surface area contributed by atoms with Gasteiger partial charge < -0.3 is 5.73 Å². The standard InChI is InChI=1S/C11H19N5S/c1-11(2,8-12)6-4-5-7-17-10-15-14-9(13)16(10)3/h4-7H2,1-3H3,(H2,13,14). The van der Waals surface area contributed by atoms with Crippen LogP contribution in [0.5, 0.6) is 0 Å². The van der Waals surface area contributed by atoms with Crippen molar-refractivity contribution in [2.45, 2.75) is 38.3 Å². The van der Waals surface area contributed by atoms with Gasteiger partial charge in [-0.2, -0.15) is 5.26 Å². The highest BCUT2D eigenvalue weighted by Gasteiger charge is 2.15. The van der Waals surface area contributed by atoms with Gasteiger partial charge in [-0.1, -0.05) is 18.2 Å². The fourth-order valence-electron chi connectivity index (χ4n) is 1.34. The first kappa shape index (κ1) is 13.8. The molecule has 1 heterocycles. The highest BCUT2D eigenvalue weighted by molar-refractivity contribution is 7.99. The third-order valence-electron chi connectivity index (χ3n) is 2.60. The zero-order valence-electron chi connectivity index (χ0n) is 10.6. The normalized spacial score (nSPS) is 11.4. The maximum Gasteiger partial charge on any atom is 0.222 e. The maximum absolute atomic E-state index is 8.88. The number of nitrogens with zero attached hydrogens (tertiary/aromatic N) is 4. The van der Waals surface area contributed by atoms with Crippen LogP contribution in [0.15, 0.2) is 5.16 Å².